The predicted octanol–water partition coefficient (Wildman–Crippen LogP) is 4.23. The Kier molecular flexibility index (Phi) is 4.12. The summed E-state index contributed by atoms with van der Waals surface area (Å²) in [6.45, 7) is 1.82. The smallest absolute Gasteiger partial charge is 0.276 e. The van der Waals surface area contributed by atoms with Crippen LogP contribution in [0.25, 0.3) is 5.69 Å². The second-order valence-corrected chi connectivity index (χ2v) is 5.37. The van der Waals surface area contributed by atoms with Gasteiger partial charge in [0.15, 0.2) is 5.69 Å². The molecule has 0 atom stereocenters. The minimum Gasteiger partial charge on any atom is -0.320 e. The standard InChI is InChI=1S/C17H13ClFN3O/c1-11-12(18)5-4-7-14(11)20-17(23)15-9-10-22(21-15)16-8-3-2-6-13(16)19/h2-10H,1H3,(H,20,23). The fourth-order valence-corrected chi connectivity index (χ4v) is 2.32. The SMILES string of the molecule is Cc1c(Cl)cccc1NC(=O)c1ccn(-c2ccccc2F)n1. The highest BCUT2D eigenvalue weighted by molar-refractivity contribution is 6.31. The number of carbonyl (C=O) groups is 1. The van der Waals surface area contributed by atoms with E-state index in [0.717, 1.165) is 5.56 Å². The van der Waals surface area contributed by atoms with Gasteiger partial charge in [-0.15, -0.1) is 0 Å². The molecule has 1 heterocycles. The molecule has 3 aromatic rings. The number of nitrogens with one attached hydrogen (secondary N) is 1. The number of hydrogen-bond acceptors (Lipinski definition) is 2. The molecule has 3 rings (SSSR count). The van der Waals surface area contributed by atoms with E-state index in [1.54, 1.807) is 36.4 Å². The summed E-state index contributed by atoms with van der Waals surface area (Å²) in [4.78, 5) is 12.3. The van der Waals surface area contributed by atoms with Crippen molar-refractivity contribution in [2.75, 3.05) is 5.32 Å². The van der Waals surface area contributed by atoms with Crippen LogP contribution in [0.3, 0.4) is 0 Å². The molecule has 4 nitrogen and oxygen atoms in total. The van der Waals surface area contributed by atoms with Gasteiger partial charge in [-0.05, 0) is 42.8 Å². The third kappa shape index (κ3) is 3.10. The number of nitrogens with zero attached hydrogens (tertiary/aromatic N) is 2. The Morgan fingerprint density at radius 2 is 1.96 bits per heavy atom. The highest BCUT2D eigenvalue weighted by Gasteiger charge is 2.13. The molecule has 0 aliphatic carbocycles. The Labute approximate surface area is 137 Å². The number of benzene rings is 2. The summed E-state index contributed by atoms with van der Waals surface area (Å²) in [6, 6.07) is 13.0. The molecule has 6 heteroatoms. The highest BCUT2D eigenvalue weighted by Crippen LogP contribution is 2.23. The summed E-state index contributed by atoms with van der Waals surface area (Å²) in [7, 11) is 0. The lowest BCUT2D eigenvalue weighted by Gasteiger charge is -2.08. The molecule has 0 unspecified atom stereocenters. The lowest BCUT2D eigenvalue weighted by molar-refractivity contribution is 0.102. The van der Waals surface area contributed by atoms with Gasteiger partial charge in [-0.25, -0.2) is 9.07 Å². The first-order valence-corrected chi connectivity index (χ1v) is 7.31. The molecule has 1 aromatic heterocycles. The van der Waals surface area contributed by atoms with Crippen molar-refractivity contribution in [2.45, 2.75) is 6.92 Å². The maximum Gasteiger partial charge on any atom is 0.276 e. The average Bonchev–Trinajstić information content (AvgIpc) is 3.02. The summed E-state index contributed by atoms with van der Waals surface area (Å²) >= 11 is 6.03. The van der Waals surface area contributed by atoms with Crippen molar-refractivity contribution in [1.29, 1.82) is 0 Å². The zero-order chi connectivity index (χ0) is 16.4. The average molecular weight is 330 g/mol. The molecule has 0 fully saturated rings. The van der Waals surface area contributed by atoms with Gasteiger partial charge in [0.2, 0.25) is 0 Å². The van der Waals surface area contributed by atoms with Gasteiger partial charge in [-0.3, -0.25) is 4.79 Å². The van der Waals surface area contributed by atoms with Gasteiger partial charge < -0.3 is 5.32 Å². The van der Waals surface area contributed by atoms with E-state index < -0.39 is 5.82 Å². The lowest BCUT2D eigenvalue weighted by atomic mass is 10.2. The quantitative estimate of drug-likeness (QED) is 0.781. The largest absolute Gasteiger partial charge is 0.320 e. The van der Waals surface area contributed by atoms with Gasteiger partial charge in [0.1, 0.15) is 11.5 Å². The second-order valence-electron chi connectivity index (χ2n) is 4.96. The molecule has 1 N–H and O–H groups in total. The third-order valence-corrected chi connectivity index (χ3v) is 3.85. The molecule has 0 saturated heterocycles. The zero-order valence-electron chi connectivity index (χ0n) is 12.3. The second kappa shape index (κ2) is 6.22. The van der Waals surface area contributed by atoms with E-state index in [9.17, 15) is 9.18 Å². The Hall–Kier alpha value is -2.66. The summed E-state index contributed by atoms with van der Waals surface area (Å²) < 4.78 is 15.1. The summed E-state index contributed by atoms with van der Waals surface area (Å²) in [5, 5.41) is 7.44. The Balaban J connectivity index is 1.84. The zero-order valence-corrected chi connectivity index (χ0v) is 13.0. The van der Waals surface area contributed by atoms with E-state index in [1.165, 1.54) is 23.0 Å². The number of aromatic nitrogens is 2. The molecule has 116 valence electrons. The van der Waals surface area contributed by atoms with Crippen LogP contribution in [0.4, 0.5) is 10.1 Å². The van der Waals surface area contributed by atoms with Crippen LogP contribution in [0, 0.1) is 12.7 Å². The predicted molar refractivity (Wildman–Crippen MR) is 87.7 cm³/mol. The maximum absolute atomic E-state index is 13.8. The first-order valence-electron chi connectivity index (χ1n) is 6.93. The Morgan fingerprint density at radius 3 is 2.74 bits per heavy atom. The van der Waals surface area contributed by atoms with E-state index in [4.69, 9.17) is 11.6 Å². The number of halogens is 2. The van der Waals surface area contributed by atoms with Crippen LogP contribution in [0.2, 0.25) is 5.02 Å². The first-order chi connectivity index (χ1) is 11.1. The molecule has 0 aliphatic heterocycles. The maximum atomic E-state index is 13.8. The molecule has 0 bridgehead atoms. The Bertz CT molecular complexity index is 876. The summed E-state index contributed by atoms with van der Waals surface area (Å²) in [5.74, 6) is -0.793. The van der Waals surface area contributed by atoms with Crippen molar-refractivity contribution < 1.29 is 9.18 Å². The van der Waals surface area contributed by atoms with E-state index in [0.29, 0.717) is 10.7 Å². The number of carbonyl (C=O) groups excluding carboxylic acids is 1. The van der Waals surface area contributed by atoms with Crippen molar-refractivity contribution in [3.05, 3.63) is 76.8 Å². The van der Waals surface area contributed by atoms with Crippen LogP contribution in [0.1, 0.15) is 16.1 Å². The molecule has 0 saturated carbocycles. The van der Waals surface area contributed by atoms with Crippen molar-refractivity contribution in [2.24, 2.45) is 0 Å². The molecular formula is C17H13ClFN3O. The van der Waals surface area contributed by atoms with E-state index in [-0.39, 0.29) is 17.3 Å². The lowest BCUT2D eigenvalue weighted by Crippen LogP contribution is -2.14. The number of rotatable bonds is 3. The summed E-state index contributed by atoms with van der Waals surface area (Å²) in [5.41, 5.74) is 1.86. The van der Waals surface area contributed by atoms with Crippen LogP contribution >= 0.6 is 11.6 Å². The topological polar surface area (TPSA) is 46.9 Å². The molecule has 23 heavy (non-hydrogen) atoms. The number of hydrogen-bond donors (Lipinski definition) is 1. The fourth-order valence-electron chi connectivity index (χ4n) is 2.15. The summed E-state index contributed by atoms with van der Waals surface area (Å²) in [6.07, 6.45) is 1.54. The van der Waals surface area contributed by atoms with Gasteiger partial charge in [-0.1, -0.05) is 29.8 Å². The van der Waals surface area contributed by atoms with E-state index in [1.807, 2.05) is 6.92 Å². The highest BCUT2D eigenvalue weighted by atomic mass is 35.5. The van der Waals surface area contributed by atoms with Crippen molar-refractivity contribution >= 4 is 23.2 Å². The van der Waals surface area contributed by atoms with Crippen LogP contribution in [0.5, 0.6) is 0 Å². The van der Waals surface area contributed by atoms with Gasteiger partial charge in [0, 0.05) is 16.9 Å². The monoisotopic (exact) mass is 329 g/mol. The molecule has 0 radical (unpaired) electrons. The third-order valence-electron chi connectivity index (χ3n) is 3.44. The van der Waals surface area contributed by atoms with E-state index in [2.05, 4.69) is 10.4 Å². The van der Waals surface area contributed by atoms with Crippen molar-refractivity contribution in [3.63, 3.8) is 0 Å². The van der Waals surface area contributed by atoms with Gasteiger partial charge in [-0.2, -0.15) is 5.10 Å². The minimum absolute atomic E-state index is 0.188. The Morgan fingerprint density at radius 1 is 1.17 bits per heavy atom. The van der Waals surface area contributed by atoms with Crippen molar-refractivity contribution in [3.8, 4) is 5.69 Å². The molecule has 0 aliphatic rings. The normalized spacial score (nSPS) is 10.6. The van der Waals surface area contributed by atoms with Crippen molar-refractivity contribution in [1.82, 2.24) is 9.78 Å². The van der Waals surface area contributed by atoms with Crippen LogP contribution in [0.15, 0.2) is 54.7 Å². The molecule has 2 aromatic carbocycles. The molecule has 0 spiro atoms. The van der Waals surface area contributed by atoms with Crippen LogP contribution in [-0.2, 0) is 0 Å². The van der Waals surface area contributed by atoms with Gasteiger partial charge in [0.25, 0.3) is 5.91 Å². The van der Waals surface area contributed by atoms with Crippen LogP contribution < -0.4 is 5.32 Å². The molecule has 1 amide bonds. The number of anilines is 1. The van der Waals surface area contributed by atoms with Crippen LogP contribution in [-0.4, -0.2) is 15.7 Å². The molecular weight excluding hydrogens is 317 g/mol. The first kappa shape index (κ1) is 15.2. The van der Waals surface area contributed by atoms with Gasteiger partial charge in [0.05, 0.1) is 0 Å². The number of para-hydroxylation sites is 1. The minimum atomic E-state index is -0.409. The fraction of sp³-hybridized carbons (Fsp3) is 0.0588. The van der Waals surface area contributed by atoms with Gasteiger partial charge >= 0.3 is 0 Å². The van der Waals surface area contributed by atoms with E-state index >= 15 is 0 Å². The number of amides is 1.